The molecule has 2 aliphatic rings. The molecule has 0 spiro atoms. The number of methoxy groups -OCH3 is 1. The van der Waals surface area contributed by atoms with Gasteiger partial charge < -0.3 is 41.7 Å². The van der Waals surface area contributed by atoms with Crippen LogP contribution >= 0.6 is 0 Å². The van der Waals surface area contributed by atoms with Crippen molar-refractivity contribution in [3.63, 3.8) is 0 Å². The second kappa shape index (κ2) is 11.3. The normalized spacial score (nSPS) is 20.6. The average Bonchev–Trinajstić information content (AvgIpc) is 3.01. The molecule has 0 bridgehead atoms. The van der Waals surface area contributed by atoms with Gasteiger partial charge in [0.1, 0.15) is 11.4 Å². The molecule has 2 atom stereocenters. The first-order valence-corrected chi connectivity index (χ1v) is 10.9. The Morgan fingerprint density at radius 1 is 1.33 bits per heavy atom. The smallest absolute Gasteiger partial charge is 0.255 e. The number of allylic oxidation sites excluding steroid dienone is 1. The first kappa shape index (κ1) is 24.0. The van der Waals surface area contributed by atoms with Crippen molar-refractivity contribution >= 4 is 35.6 Å². The molecule has 0 saturated carbocycles. The van der Waals surface area contributed by atoms with Crippen molar-refractivity contribution in [2.24, 2.45) is 5.73 Å². The summed E-state index contributed by atoms with van der Waals surface area (Å²) in [6, 6.07) is 5.55. The maximum atomic E-state index is 12.8. The van der Waals surface area contributed by atoms with Gasteiger partial charge in [-0.1, -0.05) is 12.1 Å². The lowest BCUT2D eigenvalue weighted by atomic mass is 10.1. The molecule has 1 saturated heterocycles. The summed E-state index contributed by atoms with van der Waals surface area (Å²) in [4.78, 5) is 29.4. The summed E-state index contributed by atoms with van der Waals surface area (Å²) in [5.41, 5.74) is 7.19. The molecule has 0 radical (unpaired) electrons. The van der Waals surface area contributed by atoms with Crippen molar-refractivity contribution in [2.45, 2.75) is 31.6 Å². The number of nitrogens with two attached hydrogens (primary N) is 1. The topological polar surface area (TPSA) is 148 Å². The van der Waals surface area contributed by atoms with Gasteiger partial charge in [-0.2, -0.15) is 0 Å². The van der Waals surface area contributed by atoms with Crippen LogP contribution in [-0.4, -0.2) is 68.2 Å². The number of rotatable bonds is 8. The predicted molar refractivity (Wildman–Crippen MR) is 129 cm³/mol. The summed E-state index contributed by atoms with van der Waals surface area (Å²) < 4.78 is 5.62. The van der Waals surface area contributed by atoms with Crippen LogP contribution in [0.3, 0.4) is 0 Å². The molecule has 2 aliphatic heterocycles. The van der Waals surface area contributed by atoms with Gasteiger partial charge in [0.2, 0.25) is 5.91 Å². The molecule has 33 heavy (non-hydrogen) atoms. The number of nitrogens with zero attached hydrogens (tertiary/aromatic N) is 2. The summed E-state index contributed by atoms with van der Waals surface area (Å²) in [5.74, 6) is 0.0970. The fourth-order valence-electron chi connectivity index (χ4n) is 4.22. The Morgan fingerprint density at radius 2 is 2.15 bits per heavy atom. The maximum Gasteiger partial charge on any atom is 0.255 e. The van der Waals surface area contributed by atoms with E-state index in [1.165, 1.54) is 12.2 Å². The van der Waals surface area contributed by atoms with E-state index >= 15 is 0 Å². The Balaban J connectivity index is 1.95. The third-order valence-electron chi connectivity index (χ3n) is 5.74. The molecule has 2 heterocycles. The summed E-state index contributed by atoms with van der Waals surface area (Å²) >= 11 is 0. The maximum absolute atomic E-state index is 12.8. The van der Waals surface area contributed by atoms with Crippen LogP contribution in [0.2, 0.25) is 0 Å². The van der Waals surface area contributed by atoms with Crippen LogP contribution in [0.15, 0.2) is 42.0 Å². The predicted octanol–water partition coefficient (Wildman–Crippen LogP) is 1.45. The molecule has 1 fully saturated rings. The van der Waals surface area contributed by atoms with Crippen molar-refractivity contribution < 1.29 is 14.3 Å². The van der Waals surface area contributed by atoms with Crippen LogP contribution in [0.4, 0.5) is 11.4 Å². The third-order valence-corrected chi connectivity index (χ3v) is 5.74. The van der Waals surface area contributed by atoms with E-state index in [0.717, 1.165) is 43.1 Å². The van der Waals surface area contributed by atoms with E-state index in [2.05, 4.69) is 15.5 Å². The lowest BCUT2D eigenvalue weighted by Crippen LogP contribution is -2.56. The largest absolute Gasteiger partial charge is 0.494 e. The fraction of sp³-hybridized carbons (Fsp3) is 0.391. The number of anilines is 2. The number of benzene rings is 1. The number of hydrogen-bond acceptors (Lipinski definition) is 8. The first-order valence-electron chi connectivity index (χ1n) is 10.9. The van der Waals surface area contributed by atoms with E-state index in [-0.39, 0.29) is 17.5 Å². The second-order valence-electron chi connectivity index (χ2n) is 7.79. The van der Waals surface area contributed by atoms with Crippen molar-refractivity contribution in [1.29, 1.82) is 10.8 Å². The van der Waals surface area contributed by atoms with E-state index in [1.807, 2.05) is 23.1 Å². The Hall–Kier alpha value is -3.66. The van der Waals surface area contributed by atoms with Crippen molar-refractivity contribution in [1.82, 2.24) is 10.2 Å². The SMILES string of the molecule is COc1cccc2c1N([C@@H]1CCCCN(C(=O)/C=C/CN)C1)C(NC(=O)/C(C=N)=C/C=N)N2. The standard InChI is InChI=1S/C23H31N7O3/c1-33-19-8-4-7-18-21(19)30(23(27-18)28-22(32)16(14-26)10-12-25)17-6-2-3-13-29(15-17)20(31)9-5-11-24/h4-5,7-10,12,14,17,23,25-27H,2-3,6,11,13,15,24H2,1H3,(H,28,32)/b9-5+,16-10+,25-12?,26-14?/t17-,23?/m1/s1. The van der Waals surface area contributed by atoms with Gasteiger partial charge in [-0.25, -0.2) is 0 Å². The third kappa shape index (κ3) is 5.40. The molecule has 10 heteroatoms. The number of amides is 2. The zero-order chi connectivity index (χ0) is 23.8. The molecular weight excluding hydrogens is 422 g/mol. The number of nitrogens with one attached hydrogen (secondary N) is 4. The van der Waals surface area contributed by atoms with E-state index in [1.54, 1.807) is 13.2 Å². The van der Waals surface area contributed by atoms with Gasteiger partial charge in [-0.3, -0.25) is 9.59 Å². The molecule has 3 rings (SSSR count). The molecule has 10 nitrogen and oxygen atoms in total. The quantitative estimate of drug-likeness (QED) is 0.297. The summed E-state index contributed by atoms with van der Waals surface area (Å²) in [5, 5.41) is 21.0. The van der Waals surface area contributed by atoms with E-state index in [9.17, 15) is 9.59 Å². The Kier molecular flexibility index (Phi) is 8.20. The Morgan fingerprint density at radius 3 is 2.85 bits per heavy atom. The highest BCUT2D eigenvalue weighted by molar-refractivity contribution is 6.13. The molecule has 0 aromatic heterocycles. The molecule has 2 amide bonds. The molecule has 1 aromatic carbocycles. The highest BCUT2D eigenvalue weighted by atomic mass is 16.5. The lowest BCUT2D eigenvalue weighted by Gasteiger charge is -2.37. The van der Waals surface area contributed by atoms with E-state index in [4.69, 9.17) is 21.3 Å². The van der Waals surface area contributed by atoms with Gasteiger partial charge in [0.05, 0.1) is 24.4 Å². The van der Waals surface area contributed by atoms with Crippen LogP contribution in [0, 0.1) is 10.8 Å². The molecule has 6 N–H and O–H groups in total. The van der Waals surface area contributed by atoms with Gasteiger partial charge >= 0.3 is 0 Å². The van der Waals surface area contributed by atoms with Crippen molar-refractivity contribution in [3.05, 3.63) is 42.0 Å². The zero-order valence-corrected chi connectivity index (χ0v) is 18.7. The van der Waals surface area contributed by atoms with Gasteiger partial charge in [0.15, 0.2) is 6.29 Å². The lowest BCUT2D eigenvalue weighted by molar-refractivity contribution is -0.126. The number of fused-ring (bicyclic) bond motifs is 1. The summed E-state index contributed by atoms with van der Waals surface area (Å²) in [6.07, 6.45) is 8.34. The number of hydrogen-bond donors (Lipinski definition) is 5. The highest BCUT2D eigenvalue weighted by Gasteiger charge is 2.39. The molecule has 1 unspecified atom stereocenters. The zero-order valence-electron chi connectivity index (χ0n) is 18.7. The molecule has 0 aliphatic carbocycles. The monoisotopic (exact) mass is 453 g/mol. The van der Waals surface area contributed by atoms with Crippen LogP contribution in [0.25, 0.3) is 0 Å². The molecular formula is C23H31N7O3. The second-order valence-corrected chi connectivity index (χ2v) is 7.79. The number of carbonyl (C=O) groups excluding carboxylic acids is 2. The fourth-order valence-corrected chi connectivity index (χ4v) is 4.22. The van der Waals surface area contributed by atoms with Gasteiger partial charge in [-0.05, 0) is 37.5 Å². The van der Waals surface area contributed by atoms with Crippen molar-refractivity contribution in [3.8, 4) is 5.75 Å². The molecule has 1 aromatic rings. The minimum absolute atomic E-state index is 0.0688. The number of para-hydroxylation sites is 1. The molecule has 176 valence electrons. The van der Waals surface area contributed by atoms with Crippen LogP contribution in [-0.2, 0) is 9.59 Å². The van der Waals surface area contributed by atoms with Crippen LogP contribution in [0.5, 0.6) is 5.75 Å². The number of carbonyl (C=O) groups is 2. The van der Waals surface area contributed by atoms with Gasteiger partial charge in [-0.15, -0.1) is 0 Å². The number of ether oxygens (including phenoxy) is 1. The van der Waals surface area contributed by atoms with E-state index in [0.29, 0.717) is 25.4 Å². The highest BCUT2D eigenvalue weighted by Crippen LogP contribution is 2.43. The average molecular weight is 454 g/mol. The van der Waals surface area contributed by atoms with Crippen LogP contribution < -0.4 is 26.0 Å². The van der Waals surface area contributed by atoms with Gasteiger partial charge in [0.25, 0.3) is 5.91 Å². The van der Waals surface area contributed by atoms with Gasteiger partial charge in [0, 0.05) is 38.1 Å². The summed E-state index contributed by atoms with van der Waals surface area (Å²) in [6.45, 7) is 1.44. The van der Waals surface area contributed by atoms with Crippen LogP contribution in [0.1, 0.15) is 19.3 Å². The number of likely N-dealkylation sites (tertiary alicyclic amines) is 1. The minimum Gasteiger partial charge on any atom is -0.494 e. The Labute approximate surface area is 193 Å². The van der Waals surface area contributed by atoms with E-state index < -0.39 is 12.2 Å². The Bertz CT molecular complexity index is 959. The van der Waals surface area contributed by atoms with Crippen molar-refractivity contribution in [2.75, 3.05) is 37.0 Å². The minimum atomic E-state index is -0.613. The first-order chi connectivity index (χ1) is 16.0. The summed E-state index contributed by atoms with van der Waals surface area (Å²) in [7, 11) is 1.60.